The molecule has 100 valence electrons. The Morgan fingerprint density at radius 3 is 2.68 bits per heavy atom. The van der Waals surface area contributed by atoms with E-state index < -0.39 is 0 Å². The molecule has 0 aliphatic heterocycles. The van der Waals surface area contributed by atoms with Crippen LogP contribution in [0.3, 0.4) is 0 Å². The van der Waals surface area contributed by atoms with Gasteiger partial charge in [-0.25, -0.2) is 0 Å². The third-order valence-corrected chi connectivity index (χ3v) is 3.17. The van der Waals surface area contributed by atoms with Gasteiger partial charge in [-0.3, -0.25) is 0 Å². The first-order valence-corrected chi connectivity index (χ1v) is 6.84. The minimum atomic E-state index is 0.742. The molecule has 0 atom stereocenters. The zero-order valence-corrected chi connectivity index (χ0v) is 11.4. The molecule has 0 heterocycles. The van der Waals surface area contributed by atoms with Crippen molar-refractivity contribution in [1.82, 2.24) is 0 Å². The smallest absolute Gasteiger partial charge is 0.122 e. The van der Waals surface area contributed by atoms with E-state index in [9.17, 15) is 0 Å². The first kappa shape index (κ1) is 13.5. The number of ether oxygens (including phenoxy) is 1. The number of para-hydroxylation sites is 1. The molecule has 0 amide bonds. The summed E-state index contributed by atoms with van der Waals surface area (Å²) in [6.07, 6.45) is 3.01. The fraction of sp³-hybridized carbons (Fsp3) is 0.294. The number of nitrogen functional groups attached to an aromatic ring is 1. The standard InChI is InChI=1S/C17H21NO/c1-2-15-9-3-4-11-17(15)19-12-6-8-14-7-5-10-16(18)13-14/h3-5,7,9-11,13H,2,6,8,12,18H2,1H3. The van der Waals surface area contributed by atoms with Crippen molar-refractivity contribution in [2.75, 3.05) is 12.3 Å². The van der Waals surface area contributed by atoms with Crippen molar-refractivity contribution in [3.05, 3.63) is 59.7 Å². The third kappa shape index (κ3) is 4.02. The van der Waals surface area contributed by atoms with Gasteiger partial charge in [-0.1, -0.05) is 37.3 Å². The summed E-state index contributed by atoms with van der Waals surface area (Å²) in [6, 6.07) is 16.3. The predicted molar refractivity (Wildman–Crippen MR) is 80.5 cm³/mol. The maximum absolute atomic E-state index is 5.85. The van der Waals surface area contributed by atoms with Crippen molar-refractivity contribution >= 4 is 5.69 Å². The van der Waals surface area contributed by atoms with Crippen LogP contribution in [0.15, 0.2) is 48.5 Å². The van der Waals surface area contributed by atoms with Crippen LogP contribution in [0.5, 0.6) is 5.75 Å². The van der Waals surface area contributed by atoms with E-state index in [1.807, 2.05) is 30.3 Å². The van der Waals surface area contributed by atoms with E-state index >= 15 is 0 Å². The average Bonchev–Trinajstić information content (AvgIpc) is 2.44. The van der Waals surface area contributed by atoms with Gasteiger partial charge in [0.05, 0.1) is 6.61 Å². The van der Waals surface area contributed by atoms with Gasteiger partial charge in [0, 0.05) is 5.69 Å². The molecule has 2 heteroatoms. The highest BCUT2D eigenvalue weighted by Gasteiger charge is 2.00. The minimum Gasteiger partial charge on any atom is -0.493 e. The first-order chi connectivity index (χ1) is 9.29. The number of anilines is 1. The van der Waals surface area contributed by atoms with Crippen molar-refractivity contribution < 1.29 is 4.74 Å². The lowest BCUT2D eigenvalue weighted by Crippen LogP contribution is -2.01. The lowest BCUT2D eigenvalue weighted by Gasteiger charge is -2.10. The van der Waals surface area contributed by atoms with Crippen LogP contribution in [0.2, 0.25) is 0 Å². The van der Waals surface area contributed by atoms with E-state index in [0.717, 1.165) is 37.3 Å². The fourth-order valence-corrected chi connectivity index (χ4v) is 2.14. The zero-order chi connectivity index (χ0) is 13.5. The number of aryl methyl sites for hydroxylation is 2. The number of nitrogens with two attached hydrogens (primary N) is 1. The Labute approximate surface area is 115 Å². The Morgan fingerprint density at radius 2 is 1.89 bits per heavy atom. The molecule has 0 aliphatic rings. The van der Waals surface area contributed by atoms with Gasteiger partial charge >= 0.3 is 0 Å². The lowest BCUT2D eigenvalue weighted by molar-refractivity contribution is 0.308. The first-order valence-electron chi connectivity index (χ1n) is 6.84. The van der Waals surface area contributed by atoms with Gasteiger partial charge in [0.25, 0.3) is 0 Å². The Balaban J connectivity index is 1.81. The van der Waals surface area contributed by atoms with Crippen LogP contribution in [0.4, 0.5) is 5.69 Å². The number of benzene rings is 2. The molecule has 0 aromatic heterocycles. The van der Waals surface area contributed by atoms with E-state index in [0.29, 0.717) is 0 Å². The summed E-state index contributed by atoms with van der Waals surface area (Å²) >= 11 is 0. The maximum atomic E-state index is 5.85. The molecule has 2 N–H and O–H groups in total. The van der Waals surface area contributed by atoms with E-state index in [4.69, 9.17) is 10.5 Å². The molecule has 2 nitrogen and oxygen atoms in total. The Bertz CT molecular complexity index is 522. The van der Waals surface area contributed by atoms with Crippen LogP contribution in [-0.2, 0) is 12.8 Å². The molecular weight excluding hydrogens is 234 g/mol. The van der Waals surface area contributed by atoms with E-state index in [-0.39, 0.29) is 0 Å². The normalized spacial score (nSPS) is 10.4. The Kier molecular flexibility index (Phi) is 4.85. The largest absolute Gasteiger partial charge is 0.493 e. The summed E-state index contributed by atoms with van der Waals surface area (Å²) in [6.45, 7) is 2.89. The molecule has 0 saturated carbocycles. The predicted octanol–water partition coefficient (Wildman–Crippen LogP) is 3.84. The Hall–Kier alpha value is -1.96. The molecule has 2 aromatic carbocycles. The van der Waals surface area contributed by atoms with Crippen molar-refractivity contribution in [1.29, 1.82) is 0 Å². The maximum Gasteiger partial charge on any atom is 0.122 e. The van der Waals surface area contributed by atoms with Crippen LogP contribution >= 0.6 is 0 Å². The molecule has 0 radical (unpaired) electrons. The summed E-state index contributed by atoms with van der Waals surface area (Å²) in [5.41, 5.74) is 9.13. The van der Waals surface area contributed by atoms with Crippen molar-refractivity contribution in [2.24, 2.45) is 0 Å². The number of rotatable bonds is 6. The molecule has 2 aromatic rings. The van der Waals surface area contributed by atoms with Gasteiger partial charge in [-0.15, -0.1) is 0 Å². The van der Waals surface area contributed by atoms with Crippen molar-refractivity contribution in [3.8, 4) is 5.75 Å². The van der Waals surface area contributed by atoms with Gasteiger partial charge in [-0.2, -0.15) is 0 Å². The molecule has 2 rings (SSSR count). The van der Waals surface area contributed by atoms with Gasteiger partial charge in [0.15, 0.2) is 0 Å². The van der Waals surface area contributed by atoms with E-state index in [2.05, 4.69) is 25.1 Å². The molecule has 0 fully saturated rings. The monoisotopic (exact) mass is 255 g/mol. The summed E-state index contributed by atoms with van der Waals surface area (Å²) in [5, 5.41) is 0. The molecule has 0 spiro atoms. The van der Waals surface area contributed by atoms with Crippen molar-refractivity contribution in [3.63, 3.8) is 0 Å². The SMILES string of the molecule is CCc1ccccc1OCCCc1cccc(N)c1. The second-order valence-corrected chi connectivity index (χ2v) is 4.66. The van der Waals surface area contributed by atoms with Crippen LogP contribution in [0.1, 0.15) is 24.5 Å². The minimum absolute atomic E-state index is 0.742. The highest BCUT2D eigenvalue weighted by molar-refractivity contribution is 5.40. The Morgan fingerprint density at radius 1 is 1.05 bits per heavy atom. The zero-order valence-electron chi connectivity index (χ0n) is 11.4. The summed E-state index contributed by atoms with van der Waals surface area (Å²) in [7, 11) is 0. The van der Waals surface area contributed by atoms with E-state index in [1.165, 1.54) is 11.1 Å². The van der Waals surface area contributed by atoms with Crippen LogP contribution < -0.4 is 10.5 Å². The topological polar surface area (TPSA) is 35.2 Å². The molecule has 0 saturated heterocycles. The molecule has 0 bridgehead atoms. The second-order valence-electron chi connectivity index (χ2n) is 4.66. The molecule has 19 heavy (non-hydrogen) atoms. The fourth-order valence-electron chi connectivity index (χ4n) is 2.14. The highest BCUT2D eigenvalue weighted by atomic mass is 16.5. The summed E-state index contributed by atoms with van der Waals surface area (Å²) in [5.74, 6) is 1.01. The third-order valence-electron chi connectivity index (χ3n) is 3.17. The van der Waals surface area contributed by atoms with Crippen molar-refractivity contribution in [2.45, 2.75) is 26.2 Å². The molecule has 0 unspecified atom stereocenters. The number of hydrogen-bond acceptors (Lipinski definition) is 2. The second kappa shape index (κ2) is 6.83. The van der Waals surface area contributed by atoms with Crippen LogP contribution in [-0.4, -0.2) is 6.61 Å². The average molecular weight is 255 g/mol. The van der Waals surface area contributed by atoms with Gasteiger partial charge < -0.3 is 10.5 Å². The van der Waals surface area contributed by atoms with Gasteiger partial charge in [0.2, 0.25) is 0 Å². The molecule has 0 aliphatic carbocycles. The highest BCUT2D eigenvalue weighted by Crippen LogP contribution is 2.18. The lowest BCUT2D eigenvalue weighted by atomic mass is 10.1. The van der Waals surface area contributed by atoms with Gasteiger partial charge in [0.1, 0.15) is 5.75 Å². The van der Waals surface area contributed by atoms with E-state index in [1.54, 1.807) is 0 Å². The van der Waals surface area contributed by atoms with Crippen LogP contribution in [0.25, 0.3) is 0 Å². The number of hydrogen-bond donors (Lipinski definition) is 1. The molecular formula is C17H21NO. The summed E-state index contributed by atoms with van der Waals surface area (Å²) < 4.78 is 5.85. The van der Waals surface area contributed by atoms with Gasteiger partial charge in [-0.05, 0) is 48.6 Å². The van der Waals surface area contributed by atoms with Crippen LogP contribution in [0, 0.1) is 0 Å². The quantitative estimate of drug-likeness (QED) is 0.628. The summed E-state index contributed by atoms with van der Waals surface area (Å²) in [4.78, 5) is 0.